The Morgan fingerprint density at radius 1 is 1.31 bits per heavy atom. The van der Waals surface area contributed by atoms with Crippen LogP contribution in [0.3, 0.4) is 0 Å². The first kappa shape index (κ1) is 12.6. The predicted molar refractivity (Wildman–Crippen MR) is 56.6 cm³/mol. The Kier molecular flexibility index (Phi) is 4.37. The molecule has 0 aliphatic carbocycles. The fourth-order valence-electron chi connectivity index (χ4n) is 1.51. The number of aromatic hydroxyl groups is 1. The van der Waals surface area contributed by atoms with Crippen LogP contribution < -0.4 is 9.47 Å². The molecule has 16 heavy (non-hydrogen) atoms. The molecule has 1 rings (SSSR count). The van der Waals surface area contributed by atoms with Crippen LogP contribution in [-0.2, 0) is 6.42 Å². The molecule has 0 amide bonds. The Bertz CT molecular complexity index is 365. The molecular weight excluding hydrogens is 215 g/mol. The van der Waals surface area contributed by atoms with Gasteiger partial charge in [-0.25, -0.2) is 4.39 Å². The molecule has 1 aromatic rings. The van der Waals surface area contributed by atoms with Gasteiger partial charge in [0.1, 0.15) is 0 Å². The Morgan fingerprint density at radius 2 is 2.00 bits per heavy atom. The Morgan fingerprint density at radius 3 is 2.50 bits per heavy atom. The molecule has 0 heterocycles. The molecule has 0 saturated heterocycles. The monoisotopic (exact) mass is 230 g/mol. The van der Waals surface area contributed by atoms with E-state index in [0.29, 0.717) is 6.42 Å². The van der Waals surface area contributed by atoms with Gasteiger partial charge in [-0.2, -0.15) is 0 Å². The first-order chi connectivity index (χ1) is 7.65. The van der Waals surface area contributed by atoms with Crippen LogP contribution in [0.1, 0.15) is 12.0 Å². The van der Waals surface area contributed by atoms with Crippen molar-refractivity contribution >= 4 is 0 Å². The highest BCUT2D eigenvalue weighted by Gasteiger charge is 2.18. The number of benzene rings is 1. The first-order valence-electron chi connectivity index (χ1n) is 4.88. The molecular formula is C11H15FO4. The third-order valence-corrected chi connectivity index (χ3v) is 2.26. The molecule has 1 aromatic carbocycles. The number of aliphatic hydroxyl groups is 1. The molecule has 0 saturated carbocycles. The summed E-state index contributed by atoms with van der Waals surface area (Å²) in [7, 11) is 2.81. The van der Waals surface area contributed by atoms with E-state index < -0.39 is 11.6 Å². The van der Waals surface area contributed by atoms with Crippen molar-refractivity contribution in [1.82, 2.24) is 0 Å². The van der Waals surface area contributed by atoms with Gasteiger partial charge in [-0.3, -0.25) is 0 Å². The second-order valence-corrected chi connectivity index (χ2v) is 3.25. The quantitative estimate of drug-likeness (QED) is 0.804. The van der Waals surface area contributed by atoms with Gasteiger partial charge < -0.3 is 19.7 Å². The molecule has 0 aliphatic heterocycles. The van der Waals surface area contributed by atoms with Crippen molar-refractivity contribution in [2.24, 2.45) is 0 Å². The van der Waals surface area contributed by atoms with Gasteiger partial charge in [0, 0.05) is 18.2 Å². The molecule has 5 heteroatoms. The van der Waals surface area contributed by atoms with Crippen LogP contribution in [0.4, 0.5) is 4.39 Å². The van der Waals surface area contributed by atoms with E-state index in [0.717, 1.165) is 6.07 Å². The van der Waals surface area contributed by atoms with Crippen molar-refractivity contribution < 1.29 is 24.1 Å². The Labute approximate surface area is 93.2 Å². The summed E-state index contributed by atoms with van der Waals surface area (Å²) in [5, 5.41) is 18.1. The summed E-state index contributed by atoms with van der Waals surface area (Å²) in [4.78, 5) is 0. The fourth-order valence-corrected chi connectivity index (χ4v) is 1.51. The van der Waals surface area contributed by atoms with Crippen LogP contribution in [0.25, 0.3) is 0 Å². The maximum atomic E-state index is 13.6. The molecule has 0 fully saturated rings. The molecule has 0 unspecified atom stereocenters. The zero-order chi connectivity index (χ0) is 12.1. The van der Waals surface area contributed by atoms with Gasteiger partial charge in [0.2, 0.25) is 0 Å². The van der Waals surface area contributed by atoms with Crippen molar-refractivity contribution in [3.8, 4) is 17.2 Å². The minimum Gasteiger partial charge on any atom is -0.505 e. The molecule has 90 valence electrons. The number of phenols is 1. The van der Waals surface area contributed by atoms with E-state index >= 15 is 0 Å². The summed E-state index contributed by atoms with van der Waals surface area (Å²) in [6.07, 6.45) is 0.663. The number of phenolic OH excluding ortho intramolecular Hbond substituents is 1. The third kappa shape index (κ3) is 2.36. The van der Waals surface area contributed by atoms with Crippen LogP contribution >= 0.6 is 0 Å². The van der Waals surface area contributed by atoms with Crippen molar-refractivity contribution in [2.45, 2.75) is 12.8 Å². The lowest BCUT2D eigenvalue weighted by Gasteiger charge is -2.14. The lowest BCUT2D eigenvalue weighted by Crippen LogP contribution is -2.01. The smallest absolute Gasteiger partial charge is 0.171 e. The topological polar surface area (TPSA) is 58.9 Å². The van der Waals surface area contributed by atoms with E-state index in [2.05, 4.69) is 0 Å². The van der Waals surface area contributed by atoms with Crippen molar-refractivity contribution in [1.29, 1.82) is 0 Å². The Hall–Kier alpha value is -1.49. The minimum atomic E-state index is -0.730. The van der Waals surface area contributed by atoms with Gasteiger partial charge in [-0.05, 0) is 12.8 Å². The van der Waals surface area contributed by atoms with Gasteiger partial charge in [-0.1, -0.05) is 0 Å². The maximum absolute atomic E-state index is 13.6. The molecule has 0 spiro atoms. The van der Waals surface area contributed by atoms with Gasteiger partial charge in [0.05, 0.1) is 14.2 Å². The van der Waals surface area contributed by atoms with Crippen molar-refractivity contribution in [3.05, 3.63) is 17.4 Å². The largest absolute Gasteiger partial charge is 0.505 e. The van der Waals surface area contributed by atoms with Crippen molar-refractivity contribution in [3.63, 3.8) is 0 Å². The summed E-state index contributed by atoms with van der Waals surface area (Å²) < 4.78 is 23.6. The third-order valence-electron chi connectivity index (χ3n) is 2.26. The SMILES string of the molecule is COc1cc(O)c(F)c(CCCO)c1OC. The molecule has 0 atom stereocenters. The van der Waals surface area contributed by atoms with Gasteiger partial charge in [0.15, 0.2) is 23.1 Å². The van der Waals surface area contributed by atoms with Crippen LogP contribution in [0, 0.1) is 5.82 Å². The summed E-state index contributed by atoms with van der Waals surface area (Å²) in [5.74, 6) is -0.683. The predicted octanol–water partition coefficient (Wildman–Crippen LogP) is 1.47. The average Bonchev–Trinajstić information content (AvgIpc) is 2.30. The van der Waals surface area contributed by atoms with E-state index in [1.807, 2.05) is 0 Å². The van der Waals surface area contributed by atoms with E-state index in [9.17, 15) is 9.50 Å². The Balaban J connectivity index is 3.23. The maximum Gasteiger partial charge on any atom is 0.171 e. The molecule has 2 N–H and O–H groups in total. The molecule has 0 bridgehead atoms. The number of halogens is 1. The normalized spacial score (nSPS) is 10.2. The second kappa shape index (κ2) is 5.55. The highest BCUT2D eigenvalue weighted by atomic mass is 19.1. The lowest BCUT2D eigenvalue weighted by atomic mass is 10.1. The lowest BCUT2D eigenvalue weighted by molar-refractivity contribution is 0.285. The number of methoxy groups -OCH3 is 2. The molecule has 4 nitrogen and oxygen atoms in total. The standard InChI is InChI=1S/C11H15FO4/c1-15-9-6-8(14)10(12)7(4-3-5-13)11(9)16-2/h6,13-14H,3-5H2,1-2H3. The summed E-state index contributed by atoms with van der Waals surface area (Å²) in [5.41, 5.74) is 0.216. The zero-order valence-electron chi connectivity index (χ0n) is 9.29. The summed E-state index contributed by atoms with van der Waals surface area (Å²) in [6, 6.07) is 1.16. The van der Waals surface area contributed by atoms with E-state index in [1.54, 1.807) is 0 Å². The number of ether oxygens (including phenoxy) is 2. The number of rotatable bonds is 5. The number of hydrogen-bond acceptors (Lipinski definition) is 4. The van der Waals surface area contributed by atoms with Crippen molar-refractivity contribution in [2.75, 3.05) is 20.8 Å². The summed E-state index contributed by atoms with van der Waals surface area (Å²) >= 11 is 0. The van der Waals surface area contributed by atoms with Gasteiger partial charge >= 0.3 is 0 Å². The number of aliphatic hydroxyl groups excluding tert-OH is 1. The zero-order valence-corrected chi connectivity index (χ0v) is 9.29. The minimum absolute atomic E-state index is 0.0550. The van der Waals surface area contributed by atoms with E-state index in [-0.39, 0.29) is 30.1 Å². The highest BCUT2D eigenvalue weighted by Crippen LogP contribution is 2.38. The molecule has 0 radical (unpaired) electrons. The molecule has 0 aromatic heterocycles. The fraction of sp³-hybridized carbons (Fsp3) is 0.455. The highest BCUT2D eigenvalue weighted by molar-refractivity contribution is 5.52. The van der Waals surface area contributed by atoms with E-state index in [4.69, 9.17) is 14.6 Å². The van der Waals surface area contributed by atoms with Crippen LogP contribution in [-0.4, -0.2) is 31.0 Å². The van der Waals surface area contributed by atoms with Crippen LogP contribution in [0.2, 0.25) is 0 Å². The van der Waals surface area contributed by atoms with Gasteiger partial charge in [-0.15, -0.1) is 0 Å². The van der Waals surface area contributed by atoms with Gasteiger partial charge in [0.25, 0.3) is 0 Å². The number of hydrogen-bond donors (Lipinski definition) is 2. The molecule has 0 aliphatic rings. The average molecular weight is 230 g/mol. The second-order valence-electron chi connectivity index (χ2n) is 3.25. The first-order valence-corrected chi connectivity index (χ1v) is 4.88. The van der Waals surface area contributed by atoms with E-state index in [1.165, 1.54) is 14.2 Å². The van der Waals surface area contributed by atoms with Crippen LogP contribution in [0.15, 0.2) is 6.07 Å². The van der Waals surface area contributed by atoms with Crippen LogP contribution in [0.5, 0.6) is 17.2 Å². The summed E-state index contributed by atoms with van der Waals surface area (Å²) in [6.45, 7) is -0.0550.